The molecule has 0 heterocycles. The highest BCUT2D eigenvalue weighted by Gasteiger charge is 2.20. The molecule has 0 bridgehead atoms. The van der Waals surface area contributed by atoms with Gasteiger partial charge in [-0.2, -0.15) is 0 Å². The third-order valence-electron chi connectivity index (χ3n) is 2.27. The normalized spacial score (nSPS) is 22.5. The van der Waals surface area contributed by atoms with E-state index in [4.69, 9.17) is 4.74 Å². The second kappa shape index (κ2) is 4.26. The van der Waals surface area contributed by atoms with E-state index in [1.54, 1.807) is 6.92 Å². The maximum Gasteiger partial charge on any atom is 0.333 e. The summed E-state index contributed by atoms with van der Waals surface area (Å²) in [5.41, 5.74) is 1.50. The molecule has 1 aliphatic rings. The van der Waals surface area contributed by atoms with Crippen LogP contribution in [0.25, 0.3) is 0 Å². The summed E-state index contributed by atoms with van der Waals surface area (Å²) in [6.07, 6.45) is 4.11. The molecule has 1 fully saturated rings. The first-order valence-electron chi connectivity index (χ1n) is 4.65. The van der Waals surface area contributed by atoms with E-state index in [-0.39, 0.29) is 12.1 Å². The van der Waals surface area contributed by atoms with E-state index >= 15 is 0 Å². The van der Waals surface area contributed by atoms with Gasteiger partial charge in [0.05, 0.1) is 0 Å². The molecule has 0 radical (unpaired) electrons. The van der Waals surface area contributed by atoms with Crippen molar-refractivity contribution in [2.45, 2.75) is 38.7 Å². The molecule has 1 unspecified atom stereocenters. The Morgan fingerprint density at radius 3 is 2.77 bits per heavy atom. The van der Waals surface area contributed by atoms with Crippen molar-refractivity contribution in [3.05, 3.63) is 24.3 Å². The molecule has 2 nitrogen and oxygen atoms in total. The summed E-state index contributed by atoms with van der Waals surface area (Å²) in [5.74, 6) is -0.298. The molecule has 0 N–H and O–H groups in total. The number of rotatable bonds is 2. The highest BCUT2D eigenvalue weighted by molar-refractivity contribution is 5.87. The van der Waals surface area contributed by atoms with Crippen LogP contribution in [0.15, 0.2) is 24.3 Å². The van der Waals surface area contributed by atoms with Crippen LogP contribution in [0.1, 0.15) is 32.6 Å². The van der Waals surface area contributed by atoms with Crippen molar-refractivity contribution < 1.29 is 9.53 Å². The third-order valence-corrected chi connectivity index (χ3v) is 2.27. The zero-order valence-electron chi connectivity index (χ0n) is 8.14. The van der Waals surface area contributed by atoms with Crippen LogP contribution in [-0.2, 0) is 9.53 Å². The maximum atomic E-state index is 11.2. The highest BCUT2D eigenvalue weighted by atomic mass is 16.5. The maximum absolute atomic E-state index is 11.2. The fraction of sp³-hybridized carbons (Fsp3) is 0.545. The van der Waals surface area contributed by atoms with Crippen LogP contribution >= 0.6 is 0 Å². The van der Waals surface area contributed by atoms with E-state index < -0.39 is 0 Å². The summed E-state index contributed by atoms with van der Waals surface area (Å²) in [5, 5.41) is 0. The van der Waals surface area contributed by atoms with Gasteiger partial charge in [0.1, 0.15) is 6.10 Å². The third kappa shape index (κ3) is 2.72. The molecule has 1 aliphatic carbocycles. The molecular weight excluding hydrogens is 164 g/mol. The second-order valence-corrected chi connectivity index (χ2v) is 3.58. The molecule has 0 aromatic carbocycles. The highest BCUT2D eigenvalue weighted by Crippen LogP contribution is 2.25. The first-order valence-corrected chi connectivity index (χ1v) is 4.65. The number of hydrogen-bond donors (Lipinski definition) is 0. The van der Waals surface area contributed by atoms with Crippen LogP contribution in [0.5, 0.6) is 0 Å². The van der Waals surface area contributed by atoms with E-state index in [9.17, 15) is 4.79 Å². The molecule has 0 aromatic rings. The average molecular weight is 180 g/mol. The fourth-order valence-corrected chi connectivity index (χ4v) is 1.42. The molecule has 72 valence electrons. The molecule has 0 aromatic heterocycles. The molecule has 0 saturated heterocycles. The topological polar surface area (TPSA) is 26.3 Å². The molecule has 0 aliphatic heterocycles. The second-order valence-electron chi connectivity index (χ2n) is 3.58. The summed E-state index contributed by atoms with van der Waals surface area (Å²) < 4.78 is 5.23. The number of hydrogen-bond acceptors (Lipinski definition) is 2. The Bertz CT molecular complexity index is 240. The van der Waals surface area contributed by atoms with Crippen molar-refractivity contribution >= 4 is 5.97 Å². The van der Waals surface area contributed by atoms with Crippen LogP contribution in [0.4, 0.5) is 0 Å². The fourth-order valence-electron chi connectivity index (χ4n) is 1.42. The van der Waals surface area contributed by atoms with Gasteiger partial charge < -0.3 is 4.74 Å². The Labute approximate surface area is 79.3 Å². The van der Waals surface area contributed by atoms with Gasteiger partial charge in [-0.05, 0) is 38.2 Å². The monoisotopic (exact) mass is 180 g/mol. The summed E-state index contributed by atoms with van der Waals surface area (Å²) in [7, 11) is 0. The Hall–Kier alpha value is -1.05. The van der Waals surface area contributed by atoms with Crippen LogP contribution in [0.2, 0.25) is 0 Å². The van der Waals surface area contributed by atoms with Gasteiger partial charge in [-0.15, -0.1) is 0 Å². The van der Waals surface area contributed by atoms with Gasteiger partial charge in [0.2, 0.25) is 0 Å². The van der Waals surface area contributed by atoms with Crippen LogP contribution in [-0.4, -0.2) is 12.1 Å². The first kappa shape index (κ1) is 10.0. The molecule has 1 saturated carbocycles. The van der Waals surface area contributed by atoms with Crippen LogP contribution in [0.3, 0.4) is 0 Å². The van der Waals surface area contributed by atoms with E-state index in [2.05, 4.69) is 13.2 Å². The van der Waals surface area contributed by atoms with Gasteiger partial charge in [0.15, 0.2) is 0 Å². The number of carbonyl (C=O) groups is 1. The summed E-state index contributed by atoms with van der Waals surface area (Å²) in [6.45, 7) is 9.10. The largest absolute Gasteiger partial charge is 0.455 e. The number of esters is 1. The zero-order chi connectivity index (χ0) is 9.84. The summed E-state index contributed by atoms with van der Waals surface area (Å²) in [4.78, 5) is 11.2. The molecule has 2 heteroatoms. The van der Waals surface area contributed by atoms with Crippen molar-refractivity contribution in [3.63, 3.8) is 0 Å². The Kier molecular flexibility index (Phi) is 3.29. The predicted octanol–water partition coefficient (Wildman–Crippen LogP) is 2.60. The summed E-state index contributed by atoms with van der Waals surface area (Å²) >= 11 is 0. The van der Waals surface area contributed by atoms with E-state index in [1.807, 2.05) is 0 Å². The van der Waals surface area contributed by atoms with Crippen molar-refractivity contribution in [2.24, 2.45) is 0 Å². The average Bonchev–Trinajstić information content (AvgIpc) is 2.08. The standard InChI is InChI=1S/C11H16O2/c1-8(2)11(12)13-10-7-5-4-6-9(10)3/h10H,1,3-7H2,2H3. The molecule has 0 amide bonds. The van der Waals surface area contributed by atoms with Crippen LogP contribution < -0.4 is 0 Å². The van der Waals surface area contributed by atoms with Gasteiger partial charge in [0, 0.05) is 5.57 Å². The van der Waals surface area contributed by atoms with Crippen molar-refractivity contribution in [1.82, 2.24) is 0 Å². The Morgan fingerprint density at radius 2 is 2.23 bits per heavy atom. The van der Waals surface area contributed by atoms with E-state index in [0.29, 0.717) is 5.57 Å². The van der Waals surface area contributed by atoms with Gasteiger partial charge in [-0.25, -0.2) is 4.79 Å². The Morgan fingerprint density at radius 1 is 1.54 bits per heavy atom. The minimum absolute atomic E-state index is 0.0713. The zero-order valence-corrected chi connectivity index (χ0v) is 8.14. The summed E-state index contributed by atoms with van der Waals surface area (Å²) in [6, 6.07) is 0. The van der Waals surface area contributed by atoms with Gasteiger partial charge >= 0.3 is 5.97 Å². The first-order chi connectivity index (χ1) is 6.11. The van der Waals surface area contributed by atoms with Gasteiger partial charge in [-0.3, -0.25) is 0 Å². The molecule has 13 heavy (non-hydrogen) atoms. The van der Waals surface area contributed by atoms with Gasteiger partial charge in [0.25, 0.3) is 0 Å². The quantitative estimate of drug-likeness (QED) is 0.371. The number of ether oxygens (including phenoxy) is 1. The molecule has 1 rings (SSSR count). The minimum Gasteiger partial charge on any atom is -0.455 e. The number of carbonyl (C=O) groups excluding carboxylic acids is 1. The van der Waals surface area contributed by atoms with Gasteiger partial charge in [-0.1, -0.05) is 13.2 Å². The Balaban J connectivity index is 2.47. The van der Waals surface area contributed by atoms with Crippen molar-refractivity contribution in [3.8, 4) is 0 Å². The smallest absolute Gasteiger partial charge is 0.333 e. The molecule has 0 spiro atoms. The SMILES string of the molecule is C=C(C)C(=O)OC1CCCCC1=C. The van der Waals surface area contributed by atoms with E-state index in [0.717, 1.165) is 24.8 Å². The lowest BCUT2D eigenvalue weighted by molar-refractivity contribution is -0.143. The van der Waals surface area contributed by atoms with Crippen molar-refractivity contribution in [1.29, 1.82) is 0 Å². The minimum atomic E-state index is -0.298. The van der Waals surface area contributed by atoms with E-state index in [1.165, 1.54) is 6.42 Å². The lowest BCUT2D eigenvalue weighted by Gasteiger charge is -2.24. The lowest BCUT2D eigenvalue weighted by atomic mass is 9.93. The lowest BCUT2D eigenvalue weighted by Crippen LogP contribution is -2.23. The molecule has 1 atom stereocenters. The van der Waals surface area contributed by atoms with Crippen molar-refractivity contribution in [2.75, 3.05) is 0 Å². The molecular formula is C11H16O2. The predicted molar refractivity (Wildman–Crippen MR) is 52.3 cm³/mol. The van der Waals surface area contributed by atoms with Crippen LogP contribution in [0, 0.1) is 0 Å².